The molecule has 0 atom stereocenters. The number of rotatable bonds is 6. The minimum atomic E-state index is -2.96. The molecular weight excluding hydrogens is 244 g/mol. The van der Waals surface area contributed by atoms with Crippen molar-refractivity contribution in [2.24, 2.45) is 0 Å². The molecule has 17 heavy (non-hydrogen) atoms. The molecule has 0 fully saturated rings. The van der Waals surface area contributed by atoms with Gasteiger partial charge in [0.25, 0.3) is 0 Å². The highest BCUT2D eigenvalue weighted by atomic mass is 32.2. The van der Waals surface area contributed by atoms with Crippen LogP contribution in [0.2, 0.25) is 0 Å². The number of pyridine rings is 1. The molecule has 0 saturated heterocycles. The summed E-state index contributed by atoms with van der Waals surface area (Å²) in [5.41, 5.74) is 0.799. The van der Waals surface area contributed by atoms with Crippen LogP contribution in [0.4, 0.5) is 0 Å². The highest BCUT2D eigenvalue weighted by Gasteiger charge is 2.03. The molecule has 0 spiro atoms. The van der Waals surface area contributed by atoms with Gasteiger partial charge in [0.2, 0.25) is 0 Å². The number of hydrogen-bond acceptors (Lipinski definition) is 5. The van der Waals surface area contributed by atoms with Crippen LogP contribution in [0.15, 0.2) is 18.3 Å². The van der Waals surface area contributed by atoms with Gasteiger partial charge in [0.15, 0.2) is 0 Å². The Kier molecular flexibility index (Phi) is 4.59. The molecule has 2 N–H and O–H groups in total. The van der Waals surface area contributed by atoms with E-state index in [0.29, 0.717) is 18.8 Å². The molecule has 1 aromatic rings. The van der Waals surface area contributed by atoms with Gasteiger partial charge in [-0.2, -0.15) is 0 Å². The maximum absolute atomic E-state index is 10.8. The van der Waals surface area contributed by atoms with E-state index >= 15 is 0 Å². The third-order valence-corrected chi connectivity index (χ3v) is 2.97. The number of carbonyl (C=O) groups is 1. The van der Waals surface area contributed by atoms with E-state index in [4.69, 9.17) is 5.11 Å². The second-order valence-electron chi connectivity index (χ2n) is 3.65. The first-order valence-electron chi connectivity index (χ1n) is 4.95. The summed E-state index contributed by atoms with van der Waals surface area (Å²) in [4.78, 5) is 14.5. The van der Waals surface area contributed by atoms with Crippen molar-refractivity contribution in [2.75, 3.05) is 18.6 Å². The molecule has 0 aliphatic carbocycles. The highest BCUT2D eigenvalue weighted by molar-refractivity contribution is 7.90. The average molecular weight is 258 g/mol. The Morgan fingerprint density at radius 2 is 2.18 bits per heavy atom. The lowest BCUT2D eigenvalue weighted by atomic mass is 10.2. The molecule has 0 unspecified atom stereocenters. The Labute approximate surface area is 99.6 Å². The SMILES string of the molecule is CS(=O)(=O)CCNCc1ccc(C(=O)O)cn1. The van der Waals surface area contributed by atoms with Gasteiger partial charge in [0.05, 0.1) is 17.0 Å². The number of aromatic carboxylic acids is 1. The van der Waals surface area contributed by atoms with Gasteiger partial charge in [0.1, 0.15) is 9.84 Å². The van der Waals surface area contributed by atoms with Crippen LogP contribution in [0.3, 0.4) is 0 Å². The van der Waals surface area contributed by atoms with E-state index in [2.05, 4.69) is 10.3 Å². The van der Waals surface area contributed by atoms with Crippen molar-refractivity contribution in [3.63, 3.8) is 0 Å². The Morgan fingerprint density at radius 3 is 2.65 bits per heavy atom. The standard InChI is InChI=1S/C10H14N2O4S/c1-17(15,16)5-4-11-7-9-3-2-8(6-12-9)10(13)14/h2-3,6,11H,4-5,7H2,1H3,(H,13,14). The molecule has 0 radical (unpaired) electrons. The molecule has 7 heteroatoms. The number of sulfone groups is 1. The summed E-state index contributed by atoms with van der Waals surface area (Å²) in [6.07, 6.45) is 2.45. The van der Waals surface area contributed by atoms with Gasteiger partial charge in [-0.25, -0.2) is 13.2 Å². The predicted molar refractivity (Wildman–Crippen MR) is 62.6 cm³/mol. The summed E-state index contributed by atoms with van der Waals surface area (Å²) in [6, 6.07) is 3.06. The molecule has 0 aromatic carbocycles. The van der Waals surface area contributed by atoms with E-state index in [1.807, 2.05) is 0 Å². The number of carboxylic acid groups (broad SMARTS) is 1. The maximum Gasteiger partial charge on any atom is 0.337 e. The summed E-state index contributed by atoms with van der Waals surface area (Å²) in [5.74, 6) is -0.950. The second kappa shape index (κ2) is 5.74. The van der Waals surface area contributed by atoms with Gasteiger partial charge in [-0.3, -0.25) is 4.98 Å². The van der Waals surface area contributed by atoms with Gasteiger partial charge in [-0.1, -0.05) is 0 Å². The highest BCUT2D eigenvalue weighted by Crippen LogP contribution is 1.99. The number of nitrogens with zero attached hydrogens (tertiary/aromatic N) is 1. The third kappa shape index (κ3) is 5.41. The zero-order valence-electron chi connectivity index (χ0n) is 9.38. The van der Waals surface area contributed by atoms with Crippen LogP contribution in [0.5, 0.6) is 0 Å². The number of aromatic nitrogens is 1. The Morgan fingerprint density at radius 1 is 1.47 bits per heavy atom. The zero-order chi connectivity index (χ0) is 12.9. The molecule has 0 amide bonds. The quantitative estimate of drug-likeness (QED) is 0.692. The lowest BCUT2D eigenvalue weighted by molar-refractivity contribution is 0.0696. The topological polar surface area (TPSA) is 96.4 Å². The van der Waals surface area contributed by atoms with Crippen LogP contribution < -0.4 is 5.32 Å². The summed E-state index contributed by atoms with van der Waals surface area (Å²) in [6.45, 7) is 0.761. The average Bonchev–Trinajstić information content (AvgIpc) is 2.24. The summed E-state index contributed by atoms with van der Waals surface area (Å²) in [7, 11) is -2.96. The minimum absolute atomic E-state index is 0.0697. The van der Waals surface area contributed by atoms with Crippen LogP contribution in [-0.4, -0.2) is 43.0 Å². The lowest BCUT2D eigenvalue weighted by Crippen LogP contribution is -2.22. The summed E-state index contributed by atoms with van der Waals surface area (Å²) < 4.78 is 21.7. The number of hydrogen-bond donors (Lipinski definition) is 2. The van der Waals surface area contributed by atoms with E-state index in [1.54, 1.807) is 6.07 Å². The Bertz CT molecular complexity index is 482. The summed E-state index contributed by atoms with van der Waals surface area (Å²) in [5, 5.41) is 11.6. The fourth-order valence-corrected chi connectivity index (χ4v) is 1.64. The fourth-order valence-electron chi connectivity index (χ4n) is 1.13. The minimum Gasteiger partial charge on any atom is -0.478 e. The first-order valence-corrected chi connectivity index (χ1v) is 7.01. The van der Waals surface area contributed by atoms with Crippen molar-refractivity contribution in [1.82, 2.24) is 10.3 Å². The van der Waals surface area contributed by atoms with Crippen molar-refractivity contribution in [3.05, 3.63) is 29.6 Å². The third-order valence-electron chi connectivity index (χ3n) is 2.03. The van der Waals surface area contributed by atoms with Crippen LogP contribution in [0.1, 0.15) is 16.1 Å². The van der Waals surface area contributed by atoms with E-state index in [0.717, 1.165) is 0 Å². The van der Waals surface area contributed by atoms with E-state index in [-0.39, 0.29) is 11.3 Å². The molecule has 0 aliphatic heterocycles. The van der Waals surface area contributed by atoms with Crippen LogP contribution >= 0.6 is 0 Å². The van der Waals surface area contributed by atoms with Gasteiger partial charge in [-0.15, -0.1) is 0 Å². The van der Waals surface area contributed by atoms with Crippen LogP contribution in [0, 0.1) is 0 Å². The molecule has 0 saturated carbocycles. The number of carboxylic acids is 1. The summed E-state index contributed by atoms with van der Waals surface area (Å²) >= 11 is 0. The van der Waals surface area contributed by atoms with E-state index < -0.39 is 15.8 Å². The van der Waals surface area contributed by atoms with Crippen LogP contribution in [-0.2, 0) is 16.4 Å². The van der Waals surface area contributed by atoms with Gasteiger partial charge in [0, 0.05) is 25.5 Å². The largest absolute Gasteiger partial charge is 0.478 e. The van der Waals surface area contributed by atoms with Crippen molar-refractivity contribution >= 4 is 15.8 Å². The van der Waals surface area contributed by atoms with E-state index in [1.165, 1.54) is 18.5 Å². The van der Waals surface area contributed by atoms with Crippen molar-refractivity contribution in [2.45, 2.75) is 6.54 Å². The maximum atomic E-state index is 10.8. The normalized spacial score (nSPS) is 11.4. The van der Waals surface area contributed by atoms with Crippen molar-refractivity contribution in [3.8, 4) is 0 Å². The van der Waals surface area contributed by atoms with Crippen molar-refractivity contribution < 1.29 is 18.3 Å². The molecule has 1 heterocycles. The van der Waals surface area contributed by atoms with Crippen molar-refractivity contribution in [1.29, 1.82) is 0 Å². The van der Waals surface area contributed by atoms with Gasteiger partial charge >= 0.3 is 5.97 Å². The molecule has 0 bridgehead atoms. The molecule has 94 valence electrons. The number of nitrogens with one attached hydrogen (secondary N) is 1. The molecular formula is C10H14N2O4S. The lowest BCUT2D eigenvalue weighted by Gasteiger charge is -2.03. The molecule has 1 rings (SSSR count). The fraction of sp³-hybridized carbons (Fsp3) is 0.400. The Hall–Kier alpha value is -1.47. The monoisotopic (exact) mass is 258 g/mol. The molecule has 6 nitrogen and oxygen atoms in total. The first kappa shape index (κ1) is 13.6. The van der Waals surface area contributed by atoms with Gasteiger partial charge < -0.3 is 10.4 Å². The van der Waals surface area contributed by atoms with E-state index in [9.17, 15) is 13.2 Å². The first-order chi connectivity index (χ1) is 7.88. The Balaban J connectivity index is 2.40. The van der Waals surface area contributed by atoms with Gasteiger partial charge in [-0.05, 0) is 12.1 Å². The smallest absolute Gasteiger partial charge is 0.337 e. The molecule has 1 aromatic heterocycles. The zero-order valence-corrected chi connectivity index (χ0v) is 10.2. The van der Waals surface area contributed by atoms with Crippen LogP contribution in [0.25, 0.3) is 0 Å². The second-order valence-corrected chi connectivity index (χ2v) is 5.91. The molecule has 0 aliphatic rings. The predicted octanol–water partition coefficient (Wildman–Crippen LogP) is -0.0860.